The summed E-state index contributed by atoms with van der Waals surface area (Å²) in [7, 11) is 1.59. The average Bonchev–Trinajstić information content (AvgIpc) is 2.67. The van der Waals surface area contributed by atoms with E-state index in [0.717, 1.165) is 16.7 Å². The number of aromatic nitrogens is 1. The summed E-state index contributed by atoms with van der Waals surface area (Å²) in [6.45, 7) is 0.438. The first-order valence-electron chi connectivity index (χ1n) is 8.30. The molecule has 3 aromatic rings. The maximum Gasteiger partial charge on any atom is 0.253 e. The highest BCUT2D eigenvalue weighted by Gasteiger charge is 2.07. The van der Waals surface area contributed by atoms with Gasteiger partial charge in [-0.05, 0) is 36.4 Å². The third kappa shape index (κ3) is 4.42. The van der Waals surface area contributed by atoms with Crippen molar-refractivity contribution in [3.05, 3.63) is 70.5 Å². The first kappa shape index (κ1) is 17.5. The molecule has 0 fully saturated rings. The number of hydrogen-bond donors (Lipinski definition) is 2. The van der Waals surface area contributed by atoms with Crippen molar-refractivity contribution in [1.29, 1.82) is 0 Å². The zero-order valence-corrected chi connectivity index (χ0v) is 14.5. The van der Waals surface area contributed by atoms with E-state index in [9.17, 15) is 9.59 Å². The van der Waals surface area contributed by atoms with Gasteiger partial charge in [0.1, 0.15) is 11.5 Å². The van der Waals surface area contributed by atoms with Crippen molar-refractivity contribution in [2.75, 3.05) is 13.7 Å². The van der Waals surface area contributed by atoms with Gasteiger partial charge in [-0.25, -0.2) is 0 Å². The number of carbonyl (C=O) groups excluding carboxylic acids is 1. The predicted octanol–water partition coefficient (Wildman–Crippen LogP) is 2.62. The molecule has 0 unspecified atom stereocenters. The number of amides is 1. The lowest BCUT2D eigenvalue weighted by Gasteiger charge is -2.08. The number of carbonyl (C=O) groups is 1. The van der Waals surface area contributed by atoms with Crippen LogP contribution in [0.1, 0.15) is 12.0 Å². The molecule has 2 aromatic carbocycles. The highest BCUT2D eigenvalue weighted by atomic mass is 16.5. The van der Waals surface area contributed by atoms with Gasteiger partial charge in [0.2, 0.25) is 5.91 Å². The van der Waals surface area contributed by atoms with E-state index in [1.807, 2.05) is 36.4 Å². The summed E-state index contributed by atoms with van der Waals surface area (Å²) in [4.78, 5) is 26.9. The van der Waals surface area contributed by atoms with Gasteiger partial charge in [-0.15, -0.1) is 0 Å². The molecular weight excluding hydrogens is 332 g/mol. The Bertz CT molecular complexity index is 951. The number of pyridine rings is 1. The lowest BCUT2D eigenvalue weighted by atomic mass is 10.1. The van der Waals surface area contributed by atoms with Crippen LogP contribution in [0.25, 0.3) is 10.9 Å². The number of H-pyrrole nitrogens is 1. The van der Waals surface area contributed by atoms with Gasteiger partial charge in [0.05, 0.1) is 20.1 Å². The molecule has 1 aromatic heterocycles. The zero-order valence-electron chi connectivity index (χ0n) is 14.5. The predicted molar refractivity (Wildman–Crippen MR) is 99.5 cm³/mol. The van der Waals surface area contributed by atoms with E-state index in [2.05, 4.69) is 10.3 Å². The maximum atomic E-state index is 12.1. The second-order valence-electron chi connectivity index (χ2n) is 5.77. The van der Waals surface area contributed by atoms with Crippen LogP contribution in [0.2, 0.25) is 0 Å². The molecule has 0 saturated heterocycles. The quantitative estimate of drug-likeness (QED) is 0.685. The summed E-state index contributed by atoms with van der Waals surface area (Å²) in [6, 6.07) is 16.5. The summed E-state index contributed by atoms with van der Waals surface area (Å²) in [5, 5.41) is 3.60. The molecule has 3 rings (SSSR count). The molecule has 134 valence electrons. The molecule has 0 radical (unpaired) electrons. The fourth-order valence-electron chi connectivity index (χ4n) is 2.55. The van der Waals surface area contributed by atoms with Crippen molar-refractivity contribution in [3.8, 4) is 11.5 Å². The van der Waals surface area contributed by atoms with Crippen LogP contribution < -0.4 is 20.3 Å². The van der Waals surface area contributed by atoms with Gasteiger partial charge in [-0.3, -0.25) is 9.59 Å². The van der Waals surface area contributed by atoms with E-state index >= 15 is 0 Å². The van der Waals surface area contributed by atoms with Gasteiger partial charge in [0, 0.05) is 23.0 Å². The Morgan fingerprint density at radius 3 is 2.65 bits per heavy atom. The Balaban J connectivity index is 1.57. The minimum atomic E-state index is -0.219. The van der Waals surface area contributed by atoms with Gasteiger partial charge >= 0.3 is 0 Å². The van der Waals surface area contributed by atoms with Crippen molar-refractivity contribution in [2.45, 2.75) is 13.0 Å². The highest BCUT2D eigenvalue weighted by Crippen LogP contribution is 2.18. The van der Waals surface area contributed by atoms with E-state index in [-0.39, 0.29) is 31.0 Å². The summed E-state index contributed by atoms with van der Waals surface area (Å²) < 4.78 is 10.7. The smallest absolute Gasteiger partial charge is 0.253 e. The van der Waals surface area contributed by atoms with Crippen LogP contribution in [0.4, 0.5) is 0 Å². The Hall–Kier alpha value is -3.28. The highest BCUT2D eigenvalue weighted by molar-refractivity contribution is 5.81. The van der Waals surface area contributed by atoms with Crippen LogP contribution in [0.15, 0.2) is 59.4 Å². The number of ether oxygens (including phenoxy) is 2. The molecule has 0 spiro atoms. The van der Waals surface area contributed by atoms with E-state index < -0.39 is 0 Å². The van der Waals surface area contributed by atoms with Crippen molar-refractivity contribution in [3.63, 3.8) is 0 Å². The first-order chi connectivity index (χ1) is 12.7. The van der Waals surface area contributed by atoms with Gasteiger partial charge < -0.3 is 19.8 Å². The molecule has 0 aliphatic carbocycles. The van der Waals surface area contributed by atoms with Crippen LogP contribution in [0, 0.1) is 0 Å². The summed E-state index contributed by atoms with van der Waals surface area (Å²) in [6.07, 6.45) is 0.216. The van der Waals surface area contributed by atoms with Gasteiger partial charge in [0.15, 0.2) is 0 Å². The maximum absolute atomic E-state index is 12.1. The molecule has 26 heavy (non-hydrogen) atoms. The largest absolute Gasteiger partial charge is 0.497 e. The Labute approximate surface area is 150 Å². The molecule has 0 atom stereocenters. The zero-order chi connectivity index (χ0) is 18.4. The normalized spacial score (nSPS) is 10.5. The van der Waals surface area contributed by atoms with E-state index in [1.54, 1.807) is 25.3 Å². The molecule has 1 amide bonds. The number of methoxy groups -OCH3 is 1. The van der Waals surface area contributed by atoms with Gasteiger partial charge in [-0.2, -0.15) is 0 Å². The fraction of sp³-hybridized carbons (Fsp3) is 0.200. The number of rotatable bonds is 7. The standard InChI is InChI=1S/C20H20N2O4/c1-25-17-7-8-18-14(12-17)11-15(20(24)22-18)13-21-19(23)9-10-26-16-5-3-2-4-6-16/h2-8,11-12H,9-10,13H2,1H3,(H,21,23)(H,22,24). The minimum absolute atomic E-state index is 0.159. The van der Waals surface area contributed by atoms with Crippen LogP contribution in [-0.4, -0.2) is 24.6 Å². The third-order valence-electron chi connectivity index (χ3n) is 3.95. The van der Waals surface area contributed by atoms with Crippen molar-refractivity contribution in [2.24, 2.45) is 0 Å². The monoisotopic (exact) mass is 352 g/mol. The molecule has 6 nitrogen and oxygen atoms in total. The van der Waals surface area contributed by atoms with Gasteiger partial charge in [0.25, 0.3) is 5.56 Å². The second-order valence-corrected chi connectivity index (χ2v) is 5.77. The topological polar surface area (TPSA) is 80.4 Å². The Morgan fingerprint density at radius 1 is 1.08 bits per heavy atom. The van der Waals surface area contributed by atoms with Crippen molar-refractivity contribution >= 4 is 16.8 Å². The molecule has 0 aliphatic rings. The molecule has 2 N–H and O–H groups in total. The van der Waals surface area contributed by atoms with Crippen molar-refractivity contribution in [1.82, 2.24) is 10.3 Å². The third-order valence-corrected chi connectivity index (χ3v) is 3.95. The minimum Gasteiger partial charge on any atom is -0.497 e. The molecule has 0 saturated carbocycles. The van der Waals surface area contributed by atoms with Crippen molar-refractivity contribution < 1.29 is 14.3 Å². The van der Waals surface area contributed by atoms with E-state index in [0.29, 0.717) is 11.3 Å². The number of hydrogen-bond acceptors (Lipinski definition) is 4. The fourth-order valence-corrected chi connectivity index (χ4v) is 2.55. The van der Waals surface area contributed by atoms with Crippen LogP contribution in [0.5, 0.6) is 11.5 Å². The average molecular weight is 352 g/mol. The first-order valence-corrected chi connectivity index (χ1v) is 8.30. The van der Waals surface area contributed by atoms with Crippen LogP contribution in [-0.2, 0) is 11.3 Å². The second kappa shape index (κ2) is 8.20. The Kier molecular flexibility index (Phi) is 5.53. The number of benzene rings is 2. The summed E-state index contributed by atoms with van der Waals surface area (Å²) >= 11 is 0. The molecular formula is C20H20N2O4. The molecule has 0 aliphatic heterocycles. The van der Waals surface area contributed by atoms with Gasteiger partial charge in [-0.1, -0.05) is 18.2 Å². The Morgan fingerprint density at radius 2 is 1.88 bits per heavy atom. The number of para-hydroxylation sites is 1. The van der Waals surface area contributed by atoms with E-state index in [1.165, 1.54) is 0 Å². The van der Waals surface area contributed by atoms with E-state index in [4.69, 9.17) is 9.47 Å². The number of aromatic amines is 1. The molecule has 1 heterocycles. The SMILES string of the molecule is COc1ccc2[nH]c(=O)c(CNC(=O)CCOc3ccccc3)cc2c1. The summed E-state index contributed by atoms with van der Waals surface area (Å²) in [5.41, 5.74) is 0.994. The molecule has 6 heteroatoms. The van der Waals surface area contributed by atoms with Crippen LogP contribution >= 0.6 is 0 Å². The lowest BCUT2D eigenvalue weighted by molar-refractivity contribution is -0.121. The number of fused-ring (bicyclic) bond motifs is 1. The number of nitrogens with one attached hydrogen (secondary N) is 2. The lowest BCUT2D eigenvalue weighted by Crippen LogP contribution is -2.27. The van der Waals surface area contributed by atoms with Crippen LogP contribution in [0.3, 0.4) is 0 Å². The summed E-state index contributed by atoms with van der Waals surface area (Å²) in [5.74, 6) is 1.25. The molecule has 0 bridgehead atoms.